The van der Waals surface area contributed by atoms with Crippen molar-refractivity contribution in [2.75, 3.05) is 18.0 Å². The normalized spacial score (nSPS) is 31.2. The van der Waals surface area contributed by atoms with E-state index in [9.17, 15) is 0 Å². The zero-order chi connectivity index (χ0) is 13.8. The maximum Gasteiger partial charge on any atom is 0.0366 e. The first kappa shape index (κ1) is 14.4. The summed E-state index contributed by atoms with van der Waals surface area (Å²) in [7, 11) is 0. The van der Waals surface area contributed by atoms with Crippen molar-refractivity contribution in [2.45, 2.75) is 39.7 Å². The molecule has 1 aliphatic carbocycles. The Bertz CT molecular complexity index is 364. The standard InChI is InChI=1S/C17H28N2/c1-4-19(15-8-6-5-7-9-15)12-16-14(3)10-13(2)11-17(16)18/h5-9,13-14,16-17H,4,10-12,18H2,1-3H3. The molecule has 0 aliphatic heterocycles. The fourth-order valence-electron chi connectivity index (χ4n) is 3.59. The van der Waals surface area contributed by atoms with Gasteiger partial charge in [0.25, 0.3) is 0 Å². The Morgan fingerprint density at radius 2 is 1.84 bits per heavy atom. The molecule has 0 radical (unpaired) electrons. The van der Waals surface area contributed by atoms with Crippen LogP contribution >= 0.6 is 0 Å². The van der Waals surface area contributed by atoms with Gasteiger partial charge >= 0.3 is 0 Å². The molecule has 0 spiro atoms. The van der Waals surface area contributed by atoms with Gasteiger partial charge in [-0.3, -0.25) is 0 Å². The van der Waals surface area contributed by atoms with Gasteiger partial charge in [-0.2, -0.15) is 0 Å². The molecular weight excluding hydrogens is 232 g/mol. The minimum Gasteiger partial charge on any atom is -0.371 e. The summed E-state index contributed by atoms with van der Waals surface area (Å²) in [5.41, 5.74) is 7.74. The fourth-order valence-corrected chi connectivity index (χ4v) is 3.59. The van der Waals surface area contributed by atoms with Crippen LogP contribution in [0.25, 0.3) is 0 Å². The van der Waals surface area contributed by atoms with E-state index in [1.807, 2.05) is 0 Å². The number of rotatable bonds is 4. The number of hydrogen-bond acceptors (Lipinski definition) is 2. The Kier molecular flexibility index (Phi) is 4.87. The topological polar surface area (TPSA) is 29.3 Å². The van der Waals surface area contributed by atoms with Gasteiger partial charge in [-0.1, -0.05) is 32.0 Å². The molecule has 19 heavy (non-hydrogen) atoms. The maximum absolute atomic E-state index is 6.41. The van der Waals surface area contributed by atoms with E-state index in [0.29, 0.717) is 12.0 Å². The number of nitrogens with two attached hydrogens (primary N) is 1. The molecule has 1 aliphatic rings. The lowest BCUT2D eigenvalue weighted by molar-refractivity contribution is 0.177. The summed E-state index contributed by atoms with van der Waals surface area (Å²) in [5.74, 6) is 2.14. The molecule has 2 N–H and O–H groups in total. The predicted molar refractivity (Wildman–Crippen MR) is 83.4 cm³/mol. The zero-order valence-corrected chi connectivity index (χ0v) is 12.5. The number of hydrogen-bond donors (Lipinski definition) is 1. The highest BCUT2D eigenvalue weighted by molar-refractivity contribution is 5.45. The lowest BCUT2D eigenvalue weighted by Gasteiger charge is -2.40. The van der Waals surface area contributed by atoms with E-state index in [0.717, 1.165) is 24.9 Å². The van der Waals surface area contributed by atoms with Gasteiger partial charge in [0, 0.05) is 24.8 Å². The van der Waals surface area contributed by atoms with E-state index in [1.54, 1.807) is 0 Å². The lowest BCUT2D eigenvalue weighted by atomic mass is 9.72. The van der Waals surface area contributed by atoms with Crippen LogP contribution in [-0.2, 0) is 0 Å². The van der Waals surface area contributed by atoms with Crippen molar-refractivity contribution in [1.29, 1.82) is 0 Å². The van der Waals surface area contributed by atoms with Crippen LogP contribution in [0.2, 0.25) is 0 Å². The van der Waals surface area contributed by atoms with Crippen LogP contribution in [0.3, 0.4) is 0 Å². The molecule has 1 saturated carbocycles. The molecule has 0 saturated heterocycles. The molecule has 0 aromatic heterocycles. The summed E-state index contributed by atoms with van der Waals surface area (Å²) >= 11 is 0. The van der Waals surface area contributed by atoms with Crippen molar-refractivity contribution >= 4 is 5.69 Å². The summed E-state index contributed by atoms with van der Waals surface area (Å²) in [5, 5.41) is 0. The Labute approximate surface area is 118 Å². The summed E-state index contributed by atoms with van der Waals surface area (Å²) in [6, 6.07) is 11.1. The Hall–Kier alpha value is -1.02. The first-order chi connectivity index (χ1) is 9.11. The van der Waals surface area contributed by atoms with Crippen molar-refractivity contribution in [3.8, 4) is 0 Å². The van der Waals surface area contributed by atoms with Gasteiger partial charge < -0.3 is 10.6 Å². The van der Waals surface area contributed by atoms with Crippen LogP contribution in [0.4, 0.5) is 5.69 Å². The van der Waals surface area contributed by atoms with Gasteiger partial charge in [-0.05, 0) is 49.7 Å². The highest BCUT2D eigenvalue weighted by atomic mass is 15.1. The smallest absolute Gasteiger partial charge is 0.0366 e. The summed E-state index contributed by atoms with van der Waals surface area (Å²) in [6.07, 6.45) is 2.51. The van der Waals surface area contributed by atoms with Gasteiger partial charge in [0.2, 0.25) is 0 Å². The molecular formula is C17H28N2. The summed E-state index contributed by atoms with van der Waals surface area (Å²) < 4.78 is 0. The van der Waals surface area contributed by atoms with Crippen LogP contribution in [0, 0.1) is 17.8 Å². The van der Waals surface area contributed by atoms with Gasteiger partial charge in [-0.15, -0.1) is 0 Å². The number of anilines is 1. The molecule has 0 bridgehead atoms. The lowest BCUT2D eigenvalue weighted by Crippen LogP contribution is -2.46. The quantitative estimate of drug-likeness (QED) is 0.897. The maximum atomic E-state index is 6.41. The third-order valence-corrected chi connectivity index (χ3v) is 4.66. The van der Waals surface area contributed by atoms with Crippen molar-refractivity contribution < 1.29 is 0 Å². The monoisotopic (exact) mass is 260 g/mol. The molecule has 4 unspecified atom stereocenters. The van der Waals surface area contributed by atoms with Crippen LogP contribution in [-0.4, -0.2) is 19.1 Å². The minimum absolute atomic E-state index is 0.358. The molecule has 106 valence electrons. The van der Waals surface area contributed by atoms with Crippen molar-refractivity contribution in [3.63, 3.8) is 0 Å². The van der Waals surface area contributed by atoms with Crippen molar-refractivity contribution in [1.82, 2.24) is 0 Å². The van der Waals surface area contributed by atoms with E-state index < -0.39 is 0 Å². The third-order valence-electron chi connectivity index (χ3n) is 4.66. The molecule has 4 atom stereocenters. The molecule has 2 nitrogen and oxygen atoms in total. The van der Waals surface area contributed by atoms with Crippen LogP contribution in [0.15, 0.2) is 30.3 Å². The van der Waals surface area contributed by atoms with E-state index >= 15 is 0 Å². The van der Waals surface area contributed by atoms with Gasteiger partial charge in [0.15, 0.2) is 0 Å². The highest BCUT2D eigenvalue weighted by Gasteiger charge is 2.32. The van der Waals surface area contributed by atoms with E-state index in [1.165, 1.54) is 18.5 Å². The molecule has 2 rings (SSSR count). The molecule has 1 fully saturated rings. The second-order valence-corrected chi connectivity index (χ2v) is 6.26. The van der Waals surface area contributed by atoms with Crippen LogP contribution in [0.1, 0.15) is 33.6 Å². The third kappa shape index (κ3) is 3.50. The average molecular weight is 260 g/mol. The Morgan fingerprint density at radius 3 is 2.42 bits per heavy atom. The van der Waals surface area contributed by atoms with Gasteiger partial charge in [-0.25, -0.2) is 0 Å². The van der Waals surface area contributed by atoms with Crippen molar-refractivity contribution in [2.24, 2.45) is 23.5 Å². The van der Waals surface area contributed by atoms with E-state index in [-0.39, 0.29) is 0 Å². The van der Waals surface area contributed by atoms with Crippen molar-refractivity contribution in [3.05, 3.63) is 30.3 Å². The van der Waals surface area contributed by atoms with Crippen LogP contribution < -0.4 is 10.6 Å². The first-order valence-corrected chi connectivity index (χ1v) is 7.67. The molecule has 0 amide bonds. The Balaban J connectivity index is 2.06. The van der Waals surface area contributed by atoms with Gasteiger partial charge in [0.05, 0.1) is 0 Å². The molecule has 1 aromatic carbocycles. The van der Waals surface area contributed by atoms with Gasteiger partial charge in [0.1, 0.15) is 0 Å². The van der Waals surface area contributed by atoms with E-state index in [4.69, 9.17) is 5.73 Å². The highest BCUT2D eigenvalue weighted by Crippen LogP contribution is 2.34. The zero-order valence-electron chi connectivity index (χ0n) is 12.5. The second-order valence-electron chi connectivity index (χ2n) is 6.26. The second kappa shape index (κ2) is 6.42. The predicted octanol–water partition coefficient (Wildman–Crippen LogP) is 3.52. The summed E-state index contributed by atoms with van der Waals surface area (Å²) in [6.45, 7) is 9.08. The molecule has 0 heterocycles. The first-order valence-electron chi connectivity index (χ1n) is 7.67. The number of benzene rings is 1. The largest absolute Gasteiger partial charge is 0.371 e. The number of para-hydroxylation sites is 1. The molecule has 1 aromatic rings. The minimum atomic E-state index is 0.358. The average Bonchev–Trinajstić information content (AvgIpc) is 2.39. The summed E-state index contributed by atoms with van der Waals surface area (Å²) in [4.78, 5) is 2.47. The molecule has 2 heteroatoms. The Morgan fingerprint density at radius 1 is 1.16 bits per heavy atom. The fraction of sp³-hybridized carbons (Fsp3) is 0.647. The van der Waals surface area contributed by atoms with E-state index in [2.05, 4.69) is 56.0 Å². The SMILES string of the molecule is CCN(CC1C(C)CC(C)CC1N)c1ccccc1. The number of nitrogens with zero attached hydrogens (tertiary/aromatic N) is 1. The van der Waals surface area contributed by atoms with Crippen LogP contribution in [0.5, 0.6) is 0 Å².